The molecule has 130 valence electrons. The summed E-state index contributed by atoms with van der Waals surface area (Å²) in [4.78, 5) is 4.88. The second-order valence-electron chi connectivity index (χ2n) is 6.62. The molecule has 1 aromatic heterocycles. The number of quaternary nitrogens is 1. The number of fused-ring (bicyclic) bond motifs is 1. The minimum Gasteiger partial charge on any atom is -0.507 e. The number of ether oxygens (including phenoxy) is 1. The van der Waals surface area contributed by atoms with Crippen molar-refractivity contribution in [2.75, 3.05) is 26.3 Å². The molecule has 0 saturated carbocycles. The van der Waals surface area contributed by atoms with Crippen LogP contribution in [-0.2, 0) is 4.74 Å². The molecule has 4 rings (SSSR count). The summed E-state index contributed by atoms with van der Waals surface area (Å²) >= 11 is 6.27. The third-order valence-electron chi connectivity index (χ3n) is 5.08. The number of morpholine rings is 1. The van der Waals surface area contributed by atoms with Crippen LogP contribution in [0.2, 0.25) is 5.02 Å². The number of H-pyrrole nitrogens is 1. The predicted octanol–water partition coefficient (Wildman–Crippen LogP) is 2.84. The van der Waals surface area contributed by atoms with E-state index in [2.05, 4.69) is 30.1 Å². The molecule has 0 aliphatic carbocycles. The van der Waals surface area contributed by atoms with Crippen molar-refractivity contribution < 1.29 is 14.7 Å². The van der Waals surface area contributed by atoms with Gasteiger partial charge in [-0.05, 0) is 31.2 Å². The van der Waals surface area contributed by atoms with Crippen LogP contribution in [0.5, 0.6) is 5.75 Å². The number of hydrogen-bond donors (Lipinski definition) is 3. The first-order valence-electron chi connectivity index (χ1n) is 8.63. The molecule has 3 N–H and O–H groups in total. The minimum atomic E-state index is 0.0127. The van der Waals surface area contributed by atoms with E-state index in [1.165, 1.54) is 15.8 Å². The van der Waals surface area contributed by atoms with Gasteiger partial charge in [0.15, 0.2) is 0 Å². The SMILES string of the molecule is Cc1[nH]c2ccccc2c1C(c1cc(Cl)ccc1O)[NH+]1CCOCC1. The largest absolute Gasteiger partial charge is 0.507 e. The third-order valence-corrected chi connectivity index (χ3v) is 5.31. The normalized spacial score (nSPS) is 17.0. The van der Waals surface area contributed by atoms with E-state index in [0.717, 1.165) is 43.1 Å². The molecule has 1 fully saturated rings. The van der Waals surface area contributed by atoms with E-state index in [-0.39, 0.29) is 11.8 Å². The zero-order valence-corrected chi connectivity index (χ0v) is 14.9. The monoisotopic (exact) mass is 357 g/mol. The maximum Gasteiger partial charge on any atom is 0.145 e. The number of aromatic hydroxyl groups is 1. The number of rotatable bonds is 3. The maximum atomic E-state index is 10.6. The number of aromatic nitrogens is 1. The topological polar surface area (TPSA) is 49.7 Å². The highest BCUT2D eigenvalue weighted by atomic mass is 35.5. The molecule has 1 atom stereocenters. The van der Waals surface area contributed by atoms with Gasteiger partial charge in [0.2, 0.25) is 0 Å². The summed E-state index contributed by atoms with van der Waals surface area (Å²) in [6, 6.07) is 13.7. The van der Waals surface area contributed by atoms with E-state index in [0.29, 0.717) is 5.02 Å². The van der Waals surface area contributed by atoms with Gasteiger partial charge in [-0.3, -0.25) is 0 Å². The predicted molar refractivity (Wildman–Crippen MR) is 99.5 cm³/mol. The molecule has 0 spiro atoms. The molecule has 1 aliphatic heterocycles. The van der Waals surface area contributed by atoms with E-state index >= 15 is 0 Å². The zero-order chi connectivity index (χ0) is 17.4. The lowest BCUT2D eigenvalue weighted by atomic mass is 9.93. The van der Waals surface area contributed by atoms with Crippen LogP contribution in [0.25, 0.3) is 10.9 Å². The standard InChI is InChI=1S/C20H21ClN2O2/c1-13-19(15-4-2-3-5-17(15)22-13)20(23-8-10-25-11-9-23)16-12-14(21)6-7-18(16)24/h2-7,12,20,22,24H,8-11H2,1H3/p+1. The molecule has 4 nitrogen and oxygen atoms in total. The first-order valence-corrected chi connectivity index (χ1v) is 9.01. The summed E-state index contributed by atoms with van der Waals surface area (Å²) in [5.41, 5.74) is 4.35. The van der Waals surface area contributed by atoms with Gasteiger partial charge in [-0.2, -0.15) is 0 Å². The Hall–Kier alpha value is -2.01. The molecule has 2 aromatic carbocycles. The van der Waals surface area contributed by atoms with Gasteiger partial charge in [0, 0.05) is 27.2 Å². The summed E-state index contributed by atoms with van der Waals surface area (Å²) in [7, 11) is 0. The van der Waals surface area contributed by atoms with Gasteiger partial charge in [-0.15, -0.1) is 0 Å². The van der Waals surface area contributed by atoms with E-state index < -0.39 is 0 Å². The van der Waals surface area contributed by atoms with Gasteiger partial charge in [-0.1, -0.05) is 29.8 Å². The highest BCUT2D eigenvalue weighted by molar-refractivity contribution is 6.30. The van der Waals surface area contributed by atoms with Crippen molar-refractivity contribution in [1.29, 1.82) is 0 Å². The van der Waals surface area contributed by atoms with Gasteiger partial charge in [0.05, 0.1) is 18.8 Å². The van der Waals surface area contributed by atoms with Crippen molar-refractivity contribution in [3.8, 4) is 5.75 Å². The quantitative estimate of drug-likeness (QED) is 0.675. The molecule has 0 bridgehead atoms. The zero-order valence-electron chi connectivity index (χ0n) is 14.2. The average Bonchev–Trinajstić information content (AvgIpc) is 2.95. The second-order valence-corrected chi connectivity index (χ2v) is 7.05. The number of para-hydroxylation sites is 1. The van der Waals surface area contributed by atoms with E-state index in [1.54, 1.807) is 12.1 Å². The number of benzene rings is 2. The Morgan fingerprint density at radius 2 is 1.92 bits per heavy atom. The van der Waals surface area contributed by atoms with Crippen LogP contribution < -0.4 is 4.90 Å². The molecule has 3 aromatic rings. The Labute approximate surface area is 152 Å². The Morgan fingerprint density at radius 1 is 1.16 bits per heavy atom. The fraction of sp³-hybridized carbons (Fsp3) is 0.300. The molecule has 0 radical (unpaired) electrons. The lowest BCUT2D eigenvalue weighted by Crippen LogP contribution is -3.14. The second kappa shape index (κ2) is 6.71. The fourth-order valence-electron chi connectivity index (χ4n) is 3.93. The fourth-order valence-corrected chi connectivity index (χ4v) is 4.11. The number of hydrogen-bond acceptors (Lipinski definition) is 2. The molecule has 5 heteroatoms. The van der Waals surface area contributed by atoms with Crippen molar-refractivity contribution in [3.05, 3.63) is 64.3 Å². The number of halogens is 1. The van der Waals surface area contributed by atoms with Crippen molar-refractivity contribution in [1.82, 2.24) is 4.98 Å². The van der Waals surface area contributed by atoms with E-state index in [4.69, 9.17) is 16.3 Å². The lowest BCUT2D eigenvalue weighted by molar-refractivity contribution is -0.933. The van der Waals surface area contributed by atoms with Crippen molar-refractivity contribution in [3.63, 3.8) is 0 Å². The smallest absolute Gasteiger partial charge is 0.145 e. The van der Waals surface area contributed by atoms with Gasteiger partial charge in [0.25, 0.3) is 0 Å². The molecular weight excluding hydrogens is 336 g/mol. The molecular formula is C20H22ClN2O2+. The Bertz CT molecular complexity index is 900. The van der Waals surface area contributed by atoms with Gasteiger partial charge < -0.3 is 19.7 Å². The van der Waals surface area contributed by atoms with Crippen LogP contribution in [0, 0.1) is 6.92 Å². The minimum absolute atomic E-state index is 0.0127. The molecule has 1 aliphatic rings. The number of aromatic amines is 1. The first kappa shape index (κ1) is 16.5. The third kappa shape index (κ3) is 3.01. The van der Waals surface area contributed by atoms with Crippen LogP contribution in [0.15, 0.2) is 42.5 Å². The highest BCUT2D eigenvalue weighted by Crippen LogP contribution is 2.35. The Balaban J connectivity index is 1.93. The van der Waals surface area contributed by atoms with Gasteiger partial charge >= 0.3 is 0 Å². The molecule has 25 heavy (non-hydrogen) atoms. The number of aryl methyl sites for hydroxylation is 1. The number of phenolic OH excluding ortho intramolecular Hbond substituents is 1. The summed E-state index contributed by atoms with van der Waals surface area (Å²) < 4.78 is 5.56. The van der Waals surface area contributed by atoms with Crippen LogP contribution in [0.1, 0.15) is 22.9 Å². The molecule has 0 amide bonds. The van der Waals surface area contributed by atoms with Crippen LogP contribution in [0.4, 0.5) is 0 Å². The molecule has 1 unspecified atom stereocenters. The van der Waals surface area contributed by atoms with Gasteiger partial charge in [0.1, 0.15) is 24.9 Å². The maximum absolute atomic E-state index is 10.6. The first-order chi connectivity index (χ1) is 12.1. The number of nitrogens with one attached hydrogen (secondary N) is 2. The highest BCUT2D eigenvalue weighted by Gasteiger charge is 2.33. The summed E-state index contributed by atoms with van der Waals surface area (Å²) in [6.07, 6.45) is 0. The van der Waals surface area contributed by atoms with Crippen molar-refractivity contribution in [2.24, 2.45) is 0 Å². The summed E-state index contributed by atoms with van der Waals surface area (Å²) in [5, 5.41) is 12.4. The van der Waals surface area contributed by atoms with Crippen LogP contribution in [0.3, 0.4) is 0 Å². The van der Waals surface area contributed by atoms with E-state index in [1.807, 2.05) is 12.1 Å². The Kier molecular flexibility index (Phi) is 4.42. The number of phenols is 1. The average molecular weight is 358 g/mol. The van der Waals surface area contributed by atoms with Crippen molar-refractivity contribution >= 4 is 22.5 Å². The van der Waals surface area contributed by atoms with Crippen LogP contribution >= 0.6 is 11.6 Å². The van der Waals surface area contributed by atoms with Crippen LogP contribution in [-0.4, -0.2) is 36.4 Å². The Morgan fingerprint density at radius 3 is 2.72 bits per heavy atom. The van der Waals surface area contributed by atoms with Gasteiger partial charge in [-0.25, -0.2) is 0 Å². The van der Waals surface area contributed by atoms with Crippen molar-refractivity contribution in [2.45, 2.75) is 13.0 Å². The summed E-state index contributed by atoms with van der Waals surface area (Å²) in [6.45, 7) is 5.36. The molecule has 1 saturated heterocycles. The molecule has 2 heterocycles. The van der Waals surface area contributed by atoms with E-state index in [9.17, 15) is 5.11 Å². The lowest BCUT2D eigenvalue weighted by Gasteiger charge is -2.32. The summed E-state index contributed by atoms with van der Waals surface area (Å²) in [5.74, 6) is 0.290.